The second kappa shape index (κ2) is 12.6. The summed E-state index contributed by atoms with van der Waals surface area (Å²) in [6.07, 6.45) is 5.41. The molecule has 3 nitrogen and oxygen atoms in total. The van der Waals surface area contributed by atoms with E-state index >= 15 is 0 Å². The Labute approximate surface area is 147 Å². The Balaban J connectivity index is 0.000000245. The van der Waals surface area contributed by atoms with Gasteiger partial charge in [-0.1, -0.05) is 61.4 Å². The van der Waals surface area contributed by atoms with E-state index in [1.54, 1.807) is 6.07 Å². The van der Waals surface area contributed by atoms with Crippen molar-refractivity contribution in [3.05, 3.63) is 54.6 Å². The molecule has 0 spiro atoms. The van der Waals surface area contributed by atoms with E-state index in [1.165, 1.54) is 38.8 Å². The molecule has 0 amide bonds. The summed E-state index contributed by atoms with van der Waals surface area (Å²) >= 11 is 0. The maximum absolute atomic E-state index is 9.56. The highest BCUT2D eigenvalue weighted by atomic mass is 16.3. The first-order valence-electron chi connectivity index (χ1n) is 8.78. The van der Waals surface area contributed by atoms with Crippen LogP contribution in [0.5, 0.6) is 5.75 Å². The van der Waals surface area contributed by atoms with Gasteiger partial charge in [0.25, 0.3) is 0 Å². The quantitative estimate of drug-likeness (QED) is 0.706. The normalized spacial score (nSPS) is 10.3. The molecule has 2 N–H and O–H groups in total. The summed E-state index contributed by atoms with van der Waals surface area (Å²) in [7, 11) is 6.28. The predicted octanol–water partition coefficient (Wildman–Crippen LogP) is 4.39. The SMILES string of the molecule is CNCCCCCCN(C)C.Oc1ccccc1-c1ccccc1. The van der Waals surface area contributed by atoms with E-state index in [2.05, 4.69) is 24.3 Å². The Morgan fingerprint density at radius 2 is 1.46 bits per heavy atom. The van der Waals surface area contributed by atoms with Crippen molar-refractivity contribution in [2.24, 2.45) is 0 Å². The zero-order valence-electron chi connectivity index (χ0n) is 15.3. The first-order valence-corrected chi connectivity index (χ1v) is 8.78. The molecule has 0 saturated carbocycles. The second-order valence-electron chi connectivity index (χ2n) is 6.20. The number of rotatable bonds is 8. The molecule has 2 rings (SSSR count). The summed E-state index contributed by atoms with van der Waals surface area (Å²) < 4.78 is 0. The van der Waals surface area contributed by atoms with Gasteiger partial charge < -0.3 is 15.3 Å². The lowest BCUT2D eigenvalue weighted by Crippen LogP contribution is -2.13. The lowest BCUT2D eigenvalue weighted by atomic mass is 10.1. The molecule has 0 aliphatic heterocycles. The van der Waals surface area contributed by atoms with Gasteiger partial charge in [0.05, 0.1) is 0 Å². The van der Waals surface area contributed by atoms with Gasteiger partial charge in [-0.3, -0.25) is 0 Å². The van der Waals surface area contributed by atoms with E-state index in [0.717, 1.165) is 11.1 Å². The van der Waals surface area contributed by atoms with Gasteiger partial charge in [-0.15, -0.1) is 0 Å². The molecule has 132 valence electrons. The van der Waals surface area contributed by atoms with Gasteiger partial charge in [0.2, 0.25) is 0 Å². The molecule has 0 unspecified atom stereocenters. The van der Waals surface area contributed by atoms with Crippen LogP contribution in [0.3, 0.4) is 0 Å². The van der Waals surface area contributed by atoms with Crippen molar-refractivity contribution in [2.45, 2.75) is 25.7 Å². The largest absolute Gasteiger partial charge is 0.507 e. The lowest BCUT2D eigenvalue weighted by Gasteiger charge is -2.08. The van der Waals surface area contributed by atoms with E-state index in [9.17, 15) is 5.11 Å². The number of phenols is 1. The van der Waals surface area contributed by atoms with Gasteiger partial charge in [0, 0.05) is 5.56 Å². The van der Waals surface area contributed by atoms with E-state index in [4.69, 9.17) is 0 Å². The molecule has 0 atom stereocenters. The Hall–Kier alpha value is -1.84. The van der Waals surface area contributed by atoms with Crippen LogP contribution in [0.4, 0.5) is 0 Å². The maximum atomic E-state index is 9.56. The molecule has 24 heavy (non-hydrogen) atoms. The smallest absolute Gasteiger partial charge is 0.123 e. The zero-order chi connectivity index (χ0) is 17.6. The minimum Gasteiger partial charge on any atom is -0.507 e. The molecular weight excluding hydrogens is 296 g/mol. The van der Waals surface area contributed by atoms with Gasteiger partial charge in [0.15, 0.2) is 0 Å². The van der Waals surface area contributed by atoms with Crippen LogP contribution >= 0.6 is 0 Å². The highest BCUT2D eigenvalue weighted by Gasteiger charge is 2.00. The Morgan fingerprint density at radius 1 is 0.833 bits per heavy atom. The van der Waals surface area contributed by atoms with Crippen LogP contribution in [0.15, 0.2) is 54.6 Å². The van der Waals surface area contributed by atoms with E-state index < -0.39 is 0 Å². The van der Waals surface area contributed by atoms with Gasteiger partial charge in [0.1, 0.15) is 5.75 Å². The lowest BCUT2D eigenvalue weighted by molar-refractivity contribution is 0.390. The van der Waals surface area contributed by atoms with E-state index in [0.29, 0.717) is 5.75 Å². The molecule has 0 saturated heterocycles. The monoisotopic (exact) mass is 328 g/mol. The number of unbranched alkanes of at least 4 members (excludes halogenated alkanes) is 3. The molecule has 0 bridgehead atoms. The van der Waals surface area contributed by atoms with Crippen molar-refractivity contribution in [3.63, 3.8) is 0 Å². The Morgan fingerprint density at radius 3 is 2.08 bits per heavy atom. The van der Waals surface area contributed by atoms with Crippen molar-refractivity contribution < 1.29 is 5.11 Å². The molecule has 0 aromatic heterocycles. The minimum atomic E-state index is 0.328. The molecule has 2 aromatic rings. The highest BCUT2D eigenvalue weighted by Crippen LogP contribution is 2.27. The summed E-state index contributed by atoms with van der Waals surface area (Å²) in [6.45, 7) is 2.40. The van der Waals surface area contributed by atoms with Crippen molar-refractivity contribution in [2.75, 3.05) is 34.2 Å². The first-order chi connectivity index (χ1) is 11.6. The summed E-state index contributed by atoms with van der Waals surface area (Å²) in [6, 6.07) is 17.2. The van der Waals surface area contributed by atoms with Crippen molar-refractivity contribution in [3.8, 4) is 16.9 Å². The van der Waals surface area contributed by atoms with Crippen LogP contribution in [-0.4, -0.2) is 44.2 Å². The topological polar surface area (TPSA) is 35.5 Å². The number of nitrogens with one attached hydrogen (secondary N) is 1. The third-order valence-corrected chi connectivity index (χ3v) is 3.77. The number of para-hydroxylation sites is 1. The summed E-state index contributed by atoms with van der Waals surface area (Å²) in [4.78, 5) is 2.25. The van der Waals surface area contributed by atoms with E-state index in [1.807, 2.05) is 55.6 Å². The molecule has 2 aromatic carbocycles. The molecule has 3 heteroatoms. The minimum absolute atomic E-state index is 0.328. The molecule has 0 fully saturated rings. The number of benzene rings is 2. The van der Waals surface area contributed by atoms with Gasteiger partial charge in [-0.2, -0.15) is 0 Å². The molecular formula is C21H32N2O. The Kier molecular flexibility index (Phi) is 10.6. The zero-order valence-corrected chi connectivity index (χ0v) is 15.3. The van der Waals surface area contributed by atoms with Crippen LogP contribution in [0, 0.1) is 0 Å². The molecule has 0 aliphatic carbocycles. The highest BCUT2D eigenvalue weighted by molar-refractivity contribution is 5.69. The van der Waals surface area contributed by atoms with Crippen LogP contribution in [0.2, 0.25) is 0 Å². The second-order valence-corrected chi connectivity index (χ2v) is 6.20. The van der Waals surface area contributed by atoms with Crippen LogP contribution in [0.1, 0.15) is 25.7 Å². The van der Waals surface area contributed by atoms with Gasteiger partial charge >= 0.3 is 0 Å². The Bertz CT molecular complexity index is 541. The van der Waals surface area contributed by atoms with E-state index in [-0.39, 0.29) is 0 Å². The van der Waals surface area contributed by atoms with Crippen molar-refractivity contribution in [1.29, 1.82) is 0 Å². The fourth-order valence-electron chi connectivity index (χ4n) is 2.42. The van der Waals surface area contributed by atoms with Crippen molar-refractivity contribution >= 4 is 0 Å². The third-order valence-electron chi connectivity index (χ3n) is 3.77. The number of hydrogen-bond donors (Lipinski definition) is 2. The average Bonchev–Trinajstić information content (AvgIpc) is 2.59. The summed E-state index contributed by atoms with van der Waals surface area (Å²) in [5.41, 5.74) is 1.92. The third kappa shape index (κ3) is 8.70. The van der Waals surface area contributed by atoms with Gasteiger partial charge in [-0.05, 0) is 58.7 Å². The van der Waals surface area contributed by atoms with Crippen LogP contribution in [-0.2, 0) is 0 Å². The molecule has 0 aliphatic rings. The molecule has 0 heterocycles. The number of phenolic OH excluding ortho intramolecular Hbond substituents is 1. The first kappa shape index (κ1) is 20.2. The average molecular weight is 329 g/mol. The van der Waals surface area contributed by atoms with Crippen LogP contribution in [0.25, 0.3) is 11.1 Å². The standard InChI is InChI=1S/C12H10O.C9H22N2/c13-12-9-5-4-8-11(12)10-6-2-1-3-7-10;1-10-8-6-4-5-7-9-11(2)3/h1-9,13H;10H,4-9H2,1-3H3. The maximum Gasteiger partial charge on any atom is 0.123 e. The fraction of sp³-hybridized carbons (Fsp3) is 0.429. The number of aromatic hydroxyl groups is 1. The van der Waals surface area contributed by atoms with Crippen molar-refractivity contribution in [1.82, 2.24) is 10.2 Å². The van der Waals surface area contributed by atoms with Gasteiger partial charge in [-0.25, -0.2) is 0 Å². The number of nitrogens with zero attached hydrogens (tertiary/aromatic N) is 1. The molecule has 0 radical (unpaired) electrons. The summed E-state index contributed by atoms with van der Waals surface area (Å²) in [5, 5.41) is 12.7. The van der Waals surface area contributed by atoms with Crippen LogP contribution < -0.4 is 5.32 Å². The number of hydrogen-bond acceptors (Lipinski definition) is 3. The summed E-state index contributed by atoms with van der Waals surface area (Å²) in [5.74, 6) is 0.328. The predicted molar refractivity (Wildman–Crippen MR) is 104 cm³/mol. The fourth-order valence-corrected chi connectivity index (χ4v) is 2.42.